The van der Waals surface area contributed by atoms with Gasteiger partial charge in [0, 0.05) is 12.4 Å². The van der Waals surface area contributed by atoms with Crippen molar-refractivity contribution in [3.8, 4) is 102 Å². The lowest BCUT2D eigenvalue weighted by atomic mass is 9.95. The molecule has 8 unspecified atom stereocenters. The van der Waals surface area contributed by atoms with Gasteiger partial charge in [-0.1, -0.05) is 313 Å². The van der Waals surface area contributed by atoms with Crippen LogP contribution in [0.25, 0.3) is 80.2 Å². The van der Waals surface area contributed by atoms with E-state index in [1.165, 1.54) is 103 Å². The summed E-state index contributed by atoms with van der Waals surface area (Å²) in [5, 5.41) is 0. The predicted octanol–water partition coefficient (Wildman–Crippen LogP) is 33.9. The van der Waals surface area contributed by atoms with Gasteiger partial charge in [-0.3, -0.25) is 9.97 Å². The fourth-order valence-corrected chi connectivity index (χ4v) is 16.5. The molecule has 0 spiro atoms. The lowest BCUT2D eigenvalue weighted by Crippen LogP contribution is -2.14. The van der Waals surface area contributed by atoms with Crippen molar-refractivity contribution in [3.05, 3.63) is 168 Å². The molecule has 2 heterocycles. The first-order valence-corrected chi connectivity index (χ1v) is 49.9. The Morgan fingerprint density at radius 3 is 0.589 bits per heavy atom. The zero-order chi connectivity index (χ0) is 88.5. The molecule has 8 atom stereocenters. The summed E-state index contributed by atoms with van der Waals surface area (Å²) in [6.45, 7) is 41.8. The van der Waals surface area contributed by atoms with Crippen molar-refractivity contribution in [3.63, 3.8) is 0 Å². The first-order chi connectivity index (χ1) is 60.7. The third-order valence-electron chi connectivity index (χ3n) is 25.9. The molecule has 8 rings (SSSR count). The summed E-state index contributed by atoms with van der Waals surface area (Å²) >= 11 is 0. The molecule has 2 aromatic heterocycles. The summed E-state index contributed by atoms with van der Waals surface area (Å²) in [5.74, 6) is 10.2. The molecule has 0 aliphatic carbocycles. The van der Waals surface area contributed by atoms with E-state index in [4.69, 9.17) is 47.9 Å². The van der Waals surface area contributed by atoms with Gasteiger partial charge < -0.3 is 37.9 Å². The molecular weight excluding hydrogens is 1530 g/mol. The molecule has 0 bridgehead atoms. The van der Waals surface area contributed by atoms with Crippen LogP contribution in [0.4, 0.5) is 0 Å². The zero-order valence-corrected chi connectivity index (χ0v) is 80.2. The number of ether oxygens (including phenoxy) is 8. The van der Waals surface area contributed by atoms with Gasteiger partial charge in [-0.2, -0.15) is 0 Å². The largest absolute Gasteiger partial charge is 0.489 e. The summed E-state index contributed by atoms with van der Waals surface area (Å²) in [6.07, 6.45) is 49.4. The lowest BCUT2D eigenvalue weighted by Gasteiger charge is -2.21. The van der Waals surface area contributed by atoms with E-state index in [1.54, 1.807) is 0 Å². The minimum atomic E-state index is 0.457. The number of nitrogens with zero attached hydrogens (tertiary/aromatic N) is 2. The van der Waals surface area contributed by atoms with Crippen LogP contribution in [0.2, 0.25) is 0 Å². The Bertz CT molecular complexity index is 3860. The molecule has 0 aliphatic heterocycles. The van der Waals surface area contributed by atoms with Crippen LogP contribution in [0.3, 0.4) is 0 Å². The lowest BCUT2D eigenvalue weighted by molar-refractivity contribution is 0.199. The van der Waals surface area contributed by atoms with Crippen LogP contribution in [0, 0.1) is 47.3 Å². The molecule has 0 aliphatic rings. The highest BCUT2D eigenvalue weighted by Gasteiger charge is 2.23. The molecule has 10 nitrogen and oxygen atoms in total. The smallest absolute Gasteiger partial charge is 0.161 e. The number of aromatic nitrogens is 2. The van der Waals surface area contributed by atoms with Crippen molar-refractivity contribution in [1.29, 1.82) is 0 Å². The third-order valence-corrected chi connectivity index (χ3v) is 25.9. The van der Waals surface area contributed by atoms with Gasteiger partial charge >= 0.3 is 0 Å². The second-order valence-corrected chi connectivity index (χ2v) is 35.8. The highest BCUT2D eigenvalue weighted by atomic mass is 16.5. The van der Waals surface area contributed by atoms with E-state index in [2.05, 4.69) is 269 Å². The Morgan fingerprint density at radius 1 is 0.202 bits per heavy atom. The Balaban J connectivity index is 1.21. The van der Waals surface area contributed by atoms with E-state index in [0.29, 0.717) is 100 Å². The fraction of sp³-hybridized carbons (Fsp3) is 0.561. The molecule has 678 valence electrons. The molecule has 10 heteroatoms. The maximum Gasteiger partial charge on any atom is 0.161 e. The van der Waals surface area contributed by atoms with Crippen molar-refractivity contribution in [1.82, 2.24) is 9.97 Å². The van der Waals surface area contributed by atoms with Crippen LogP contribution in [0.5, 0.6) is 46.0 Å². The number of pyridine rings is 2. The second-order valence-electron chi connectivity index (χ2n) is 35.8. The van der Waals surface area contributed by atoms with Gasteiger partial charge in [0.15, 0.2) is 46.0 Å². The van der Waals surface area contributed by atoms with E-state index in [1.807, 2.05) is 12.4 Å². The molecule has 0 N–H and O–H groups in total. The fourth-order valence-electron chi connectivity index (χ4n) is 16.5. The van der Waals surface area contributed by atoms with Gasteiger partial charge in [0.2, 0.25) is 0 Å². The molecule has 0 fully saturated rings. The summed E-state index contributed by atoms with van der Waals surface area (Å²) in [6, 6.07) is 48.7. The van der Waals surface area contributed by atoms with Crippen LogP contribution in [-0.2, 0) is 0 Å². The minimum Gasteiger partial charge on any atom is -0.489 e. The van der Waals surface area contributed by atoms with Gasteiger partial charge in [-0.15, -0.1) is 0 Å². The summed E-state index contributed by atoms with van der Waals surface area (Å²) in [5.41, 5.74) is 14.2. The van der Waals surface area contributed by atoms with Crippen LogP contribution in [0.1, 0.15) is 338 Å². The maximum absolute atomic E-state index is 6.95. The summed E-state index contributed by atoms with van der Waals surface area (Å²) in [7, 11) is 0. The van der Waals surface area contributed by atoms with Crippen LogP contribution in [0.15, 0.2) is 146 Å². The van der Waals surface area contributed by atoms with Crippen molar-refractivity contribution < 1.29 is 37.9 Å². The predicted molar refractivity (Wildman–Crippen MR) is 530 cm³/mol. The zero-order valence-electron chi connectivity index (χ0n) is 80.2. The van der Waals surface area contributed by atoms with Crippen molar-refractivity contribution >= 4 is 24.3 Å². The van der Waals surface area contributed by atoms with Gasteiger partial charge in [0.05, 0.1) is 64.2 Å². The SMILES string of the molecule is CCCCC(CC)COc1ccc(-c2cc(/C=C/c3ccnc(-c4cc(/C=C/c5cc(-c6ccc(OCC(CC)CCCC)c(OCC(CC)CCCC)c6)cc(-c6ccc(OCC(CC)CCCC)c(OCC(CC)CCCC)c6)c5)ccn4)c3)cc(-c3ccc(OCC(CC)CCCC)c(OCC(CC)CCCC)c3)c2)cc1OCC(CC)CCCC. The number of hydrogen-bond acceptors (Lipinski definition) is 10. The first kappa shape index (κ1) is 101. The van der Waals surface area contributed by atoms with Gasteiger partial charge in [-0.05, 0) is 275 Å². The normalized spacial score (nSPS) is 13.6. The third kappa shape index (κ3) is 34.0. The summed E-state index contributed by atoms with van der Waals surface area (Å²) < 4.78 is 55.0. The molecule has 0 amide bonds. The molecular formula is C114H164N2O8. The van der Waals surface area contributed by atoms with Gasteiger partial charge in [-0.25, -0.2) is 0 Å². The standard InChI is InChI=1S/C114H164N2O8/c1-17-33-41-85(25-9)77-117-107-57-53-97(73-111(107)121-81-89(29-13)45-37-21-5)101-65-95(66-102(71-101)98-54-58-108(118-78-86(26-10)42-34-18-2)112(74-98)122-82-90(30-14)46-38-22-6)51-49-93-61-63-115-105(69-93)106-70-94(62-64-116-106)50-52-96-67-103(99-55-59-109(119-79-87(27-11)43-35-19-3)113(75-99)123-83-91(31-15)47-39-23-7)72-104(68-96)100-56-60-110(120-80-88(28-12)44-36-20-4)114(76-100)124-84-92(32-16)48-40-24-8/h49-76,85-92H,17-48,77-84H2,1-16H3/b51-49+,52-50+. The first-order valence-electron chi connectivity index (χ1n) is 49.9. The quantitative estimate of drug-likeness (QED) is 0.0366. The van der Waals surface area contributed by atoms with Gasteiger partial charge in [0.25, 0.3) is 0 Å². The number of rotatable bonds is 65. The van der Waals surface area contributed by atoms with Crippen LogP contribution < -0.4 is 37.9 Å². The Morgan fingerprint density at radius 2 is 0.395 bits per heavy atom. The van der Waals surface area contributed by atoms with E-state index < -0.39 is 0 Å². The van der Waals surface area contributed by atoms with E-state index in [0.717, 1.165) is 227 Å². The van der Waals surface area contributed by atoms with Gasteiger partial charge in [0.1, 0.15) is 0 Å². The Hall–Kier alpha value is -8.50. The summed E-state index contributed by atoms with van der Waals surface area (Å²) in [4.78, 5) is 10.0. The van der Waals surface area contributed by atoms with Crippen LogP contribution in [-0.4, -0.2) is 62.8 Å². The van der Waals surface area contributed by atoms with E-state index in [-0.39, 0.29) is 0 Å². The highest BCUT2D eigenvalue weighted by Crippen LogP contribution is 2.43. The number of hydrogen-bond donors (Lipinski definition) is 0. The van der Waals surface area contributed by atoms with Crippen molar-refractivity contribution in [2.45, 2.75) is 316 Å². The average Bonchev–Trinajstić information content (AvgIpc) is 0.799. The number of benzene rings is 6. The maximum atomic E-state index is 6.95. The Labute approximate surface area is 754 Å². The van der Waals surface area contributed by atoms with Crippen molar-refractivity contribution in [2.24, 2.45) is 47.3 Å². The van der Waals surface area contributed by atoms with Crippen molar-refractivity contribution in [2.75, 3.05) is 52.9 Å². The average molecular weight is 1690 g/mol. The second kappa shape index (κ2) is 58.0. The molecule has 8 aromatic rings. The topological polar surface area (TPSA) is 99.6 Å². The van der Waals surface area contributed by atoms with E-state index >= 15 is 0 Å². The Kier molecular flexibility index (Phi) is 47.2. The molecule has 124 heavy (non-hydrogen) atoms. The molecule has 0 saturated heterocycles. The molecule has 0 saturated carbocycles. The number of unbranched alkanes of at least 4 members (excludes halogenated alkanes) is 8. The van der Waals surface area contributed by atoms with Crippen LogP contribution >= 0.6 is 0 Å². The highest BCUT2D eigenvalue weighted by molar-refractivity contribution is 5.84. The minimum absolute atomic E-state index is 0.457. The molecule has 0 radical (unpaired) electrons. The van der Waals surface area contributed by atoms with E-state index in [9.17, 15) is 0 Å². The molecule has 6 aromatic carbocycles. The monoisotopic (exact) mass is 1690 g/mol.